The van der Waals surface area contributed by atoms with E-state index < -0.39 is 0 Å². The third kappa shape index (κ3) is 7.30. The molecular formula is C66H77BN2S. The number of rotatable bonds is 3. The summed E-state index contributed by atoms with van der Waals surface area (Å²) < 4.78 is 1.51. The number of benzene rings is 6. The number of thiophene rings is 1. The predicted octanol–water partition coefficient (Wildman–Crippen LogP) is 17.2. The number of hydrogen-bond acceptors (Lipinski definition) is 3. The third-order valence-electron chi connectivity index (χ3n) is 17.5. The van der Waals surface area contributed by atoms with Crippen molar-refractivity contribution in [2.45, 2.75) is 181 Å². The van der Waals surface area contributed by atoms with Crippen LogP contribution in [-0.4, -0.2) is 6.71 Å². The highest BCUT2D eigenvalue weighted by atomic mass is 32.1. The summed E-state index contributed by atoms with van der Waals surface area (Å²) in [5.41, 5.74) is 22.0. The molecule has 0 atom stereocenters. The van der Waals surface area contributed by atoms with E-state index in [1.165, 1.54) is 125 Å². The fourth-order valence-corrected chi connectivity index (χ4v) is 14.4. The van der Waals surface area contributed by atoms with E-state index in [0.29, 0.717) is 0 Å². The van der Waals surface area contributed by atoms with Crippen molar-refractivity contribution in [2.24, 2.45) is 0 Å². The van der Waals surface area contributed by atoms with Crippen LogP contribution in [-0.2, 0) is 37.9 Å². The fourth-order valence-electron chi connectivity index (χ4n) is 12.7. The summed E-state index contributed by atoms with van der Waals surface area (Å²) in [7, 11) is 0. The molecule has 0 saturated carbocycles. The molecule has 0 amide bonds. The Morgan fingerprint density at radius 2 is 1.03 bits per heavy atom. The summed E-state index contributed by atoms with van der Waals surface area (Å²) in [6, 6.07) is 43.7. The molecule has 0 N–H and O–H groups in total. The van der Waals surface area contributed by atoms with E-state index in [1.807, 2.05) is 0 Å². The van der Waals surface area contributed by atoms with Crippen LogP contribution in [0.2, 0.25) is 0 Å². The van der Waals surface area contributed by atoms with Gasteiger partial charge in [0.2, 0.25) is 0 Å². The molecule has 7 aromatic rings. The van der Waals surface area contributed by atoms with Gasteiger partial charge in [-0.25, -0.2) is 0 Å². The second kappa shape index (κ2) is 15.2. The van der Waals surface area contributed by atoms with E-state index in [4.69, 9.17) is 0 Å². The minimum Gasteiger partial charge on any atom is -0.311 e. The maximum absolute atomic E-state index is 2.76. The first-order valence-electron chi connectivity index (χ1n) is 26.5. The summed E-state index contributed by atoms with van der Waals surface area (Å²) in [5, 5.41) is 2.54. The van der Waals surface area contributed by atoms with Crippen LogP contribution >= 0.6 is 11.3 Å². The molecular weight excluding hydrogens is 864 g/mol. The van der Waals surface area contributed by atoms with E-state index in [9.17, 15) is 0 Å². The van der Waals surface area contributed by atoms with Crippen molar-refractivity contribution < 1.29 is 0 Å². The molecule has 70 heavy (non-hydrogen) atoms. The van der Waals surface area contributed by atoms with Gasteiger partial charge in [-0.15, -0.1) is 0 Å². The Morgan fingerprint density at radius 1 is 0.471 bits per heavy atom. The summed E-state index contributed by atoms with van der Waals surface area (Å²) in [6.45, 7) is 41.5. The summed E-state index contributed by atoms with van der Waals surface area (Å²) >= 11 is 2.14. The van der Waals surface area contributed by atoms with Crippen LogP contribution < -0.4 is 25.5 Å². The Hall–Kier alpha value is -5.06. The average Bonchev–Trinajstić information content (AvgIpc) is 3.71. The minimum atomic E-state index is -0.122. The topological polar surface area (TPSA) is 6.48 Å². The molecule has 4 heteroatoms. The maximum Gasteiger partial charge on any atom is 0.264 e. The first-order chi connectivity index (χ1) is 32.6. The van der Waals surface area contributed by atoms with Crippen LogP contribution in [0, 0.1) is 0 Å². The number of nitrogens with zero attached hydrogens (tertiary/aromatic N) is 2. The van der Waals surface area contributed by atoms with E-state index in [2.05, 4.69) is 248 Å². The van der Waals surface area contributed by atoms with Crippen LogP contribution in [0.1, 0.15) is 182 Å². The van der Waals surface area contributed by atoms with Crippen LogP contribution in [0.5, 0.6) is 0 Å². The van der Waals surface area contributed by atoms with Crippen molar-refractivity contribution in [3.63, 3.8) is 0 Å². The fraction of sp³-hybridized carbons (Fsp3) is 0.424. The van der Waals surface area contributed by atoms with Gasteiger partial charge in [0.1, 0.15) is 0 Å². The second-order valence-electron chi connectivity index (χ2n) is 27.6. The third-order valence-corrected chi connectivity index (χ3v) is 19.2. The molecule has 0 saturated heterocycles. The number of hydrogen-bond donors (Lipinski definition) is 0. The molecule has 0 unspecified atom stereocenters. The zero-order valence-corrected chi connectivity index (χ0v) is 46.4. The van der Waals surface area contributed by atoms with Crippen molar-refractivity contribution >= 4 is 78.6 Å². The Morgan fingerprint density at radius 3 is 1.66 bits per heavy atom. The zero-order valence-electron chi connectivity index (χ0n) is 45.6. The largest absolute Gasteiger partial charge is 0.311 e. The van der Waals surface area contributed by atoms with Gasteiger partial charge in [0.05, 0.1) is 11.4 Å². The lowest BCUT2D eigenvalue weighted by Gasteiger charge is -2.48. The summed E-state index contributed by atoms with van der Waals surface area (Å²) in [6.07, 6.45) is 4.70. The molecule has 360 valence electrons. The van der Waals surface area contributed by atoms with Crippen LogP contribution in [0.15, 0.2) is 109 Å². The lowest BCUT2D eigenvalue weighted by molar-refractivity contribution is 0.332. The molecule has 11 rings (SSSR count). The highest BCUT2D eigenvalue weighted by Crippen LogP contribution is 2.58. The van der Waals surface area contributed by atoms with Gasteiger partial charge in [0, 0.05) is 38.0 Å². The first kappa shape index (κ1) is 47.3. The van der Waals surface area contributed by atoms with Gasteiger partial charge in [-0.1, -0.05) is 178 Å². The van der Waals surface area contributed by atoms with Crippen LogP contribution in [0.25, 0.3) is 21.9 Å². The monoisotopic (exact) mass is 941 g/mol. The van der Waals surface area contributed by atoms with Crippen molar-refractivity contribution in [3.05, 3.63) is 147 Å². The van der Waals surface area contributed by atoms with E-state index in [-0.39, 0.29) is 44.6 Å². The highest BCUT2D eigenvalue weighted by molar-refractivity contribution is 7.29. The molecule has 4 aliphatic rings. The number of fused-ring (bicyclic) bond motifs is 8. The van der Waals surface area contributed by atoms with E-state index in [1.54, 1.807) is 10.4 Å². The second-order valence-corrected chi connectivity index (χ2v) is 28.7. The van der Waals surface area contributed by atoms with Gasteiger partial charge in [-0.3, -0.25) is 0 Å². The maximum atomic E-state index is 2.76. The summed E-state index contributed by atoms with van der Waals surface area (Å²) in [5.74, 6) is 0. The molecule has 0 radical (unpaired) electrons. The Balaban J connectivity index is 1.32. The van der Waals surface area contributed by atoms with Gasteiger partial charge < -0.3 is 9.80 Å². The molecule has 0 bridgehead atoms. The van der Waals surface area contributed by atoms with Gasteiger partial charge in [0.15, 0.2) is 0 Å². The minimum absolute atomic E-state index is 0.00939. The normalized spacial score (nSPS) is 18.5. The Labute approximate surface area is 426 Å². The molecule has 0 fully saturated rings. The smallest absolute Gasteiger partial charge is 0.264 e. The van der Waals surface area contributed by atoms with Crippen molar-refractivity contribution in [1.29, 1.82) is 0 Å². The van der Waals surface area contributed by atoms with Crippen LogP contribution in [0.4, 0.5) is 34.1 Å². The van der Waals surface area contributed by atoms with Crippen molar-refractivity contribution in [2.75, 3.05) is 9.80 Å². The molecule has 1 aromatic heterocycles. The van der Waals surface area contributed by atoms with E-state index >= 15 is 0 Å². The zero-order chi connectivity index (χ0) is 50.0. The quantitative estimate of drug-likeness (QED) is 0.163. The lowest BCUT2D eigenvalue weighted by atomic mass is 9.35. The molecule has 6 aromatic carbocycles. The number of anilines is 6. The molecule has 2 aliphatic carbocycles. The van der Waals surface area contributed by atoms with Crippen LogP contribution in [0.3, 0.4) is 0 Å². The highest BCUT2D eigenvalue weighted by Gasteiger charge is 2.52. The molecule has 3 heterocycles. The lowest BCUT2D eigenvalue weighted by Crippen LogP contribution is -2.61. The van der Waals surface area contributed by atoms with E-state index in [0.717, 1.165) is 0 Å². The van der Waals surface area contributed by atoms with Gasteiger partial charge in [0.25, 0.3) is 6.71 Å². The Bertz CT molecular complexity index is 3280. The first-order valence-corrected chi connectivity index (χ1v) is 27.3. The van der Waals surface area contributed by atoms with Crippen molar-refractivity contribution in [1.82, 2.24) is 0 Å². The van der Waals surface area contributed by atoms with Gasteiger partial charge >= 0.3 is 0 Å². The summed E-state index contributed by atoms with van der Waals surface area (Å²) in [4.78, 5) is 7.09. The molecule has 2 aliphatic heterocycles. The standard InChI is InChI=1S/C66H77BN2S/c1-60(2,3)43-24-27-46(28-25-43)68-53-36-45(62(7,8)9)37-54-56(53)67(59-57(68)55-58(70-59)66(16,17)33-32-65(55,14)15)50-38-48-49(64(12,13)31-30-63(48,10)11)39-52(50)69(54)51-29-26-44(61(4,5)6)35-47(51)42-23-22-40-20-18-19-21-41(40)34-42/h18-29,34-39H,30-33H2,1-17H3. The predicted molar refractivity (Wildman–Crippen MR) is 308 cm³/mol. The van der Waals surface area contributed by atoms with Gasteiger partial charge in [-0.05, 0) is 173 Å². The SMILES string of the molecule is CC(C)(C)c1ccc(N2c3cc(C(C)(C)C)cc4c3B(c3cc5c(cc3N4c3ccc(C(C)(C)C)cc3-c3ccc4ccccc4c3)C(C)(C)CCC5(C)C)c3sc4c(c32)C(C)(C)CCC4(C)C)cc1. The van der Waals surface area contributed by atoms with Gasteiger partial charge in [-0.2, -0.15) is 11.3 Å². The Kier molecular flexibility index (Phi) is 10.3. The van der Waals surface area contributed by atoms with Crippen molar-refractivity contribution in [3.8, 4) is 11.1 Å². The molecule has 2 nitrogen and oxygen atoms in total. The molecule has 0 spiro atoms. The average molecular weight is 941 g/mol.